The summed E-state index contributed by atoms with van der Waals surface area (Å²) in [5.41, 5.74) is 0. The molecule has 10 heteroatoms. The molecule has 0 aliphatic heterocycles. The molecule has 0 aromatic rings. The number of hydrogen-bond acceptors (Lipinski definition) is 10. The van der Waals surface area contributed by atoms with Crippen LogP contribution in [0.25, 0.3) is 0 Å². The molecule has 10 unspecified atom stereocenters. The molecule has 4 saturated carbocycles. The molecule has 4 aliphatic carbocycles. The molecule has 354 valence electrons. The number of hydrogen-bond donors (Lipinski definition) is 0. The second-order valence-corrected chi connectivity index (χ2v) is 18.6. The molecule has 0 saturated heterocycles. The summed E-state index contributed by atoms with van der Waals surface area (Å²) in [5.74, 6) is 6.84. The molecule has 4 aliphatic rings. The van der Waals surface area contributed by atoms with E-state index >= 15 is 0 Å². The predicted molar refractivity (Wildman–Crippen MR) is 240 cm³/mol. The third-order valence-corrected chi connectivity index (χ3v) is 13.9. The van der Waals surface area contributed by atoms with Gasteiger partial charge in [-0.2, -0.15) is 0 Å². The minimum atomic E-state index is -0.0739. The third-order valence-electron chi connectivity index (χ3n) is 13.9. The first kappa shape index (κ1) is 56.6. The van der Waals surface area contributed by atoms with Crippen LogP contribution < -0.4 is 0 Å². The molecular weight excluding hydrogens is 749 g/mol. The maximum Gasteiger partial charge on any atom is 0.154 e. The molecule has 10 atom stereocenters. The minimum absolute atomic E-state index is 0.0529. The maximum atomic E-state index is 5.55. The standard InChI is InChI=1S/2C13H26O2.C12H24O3.C11H22O3/c2*1-10-5-6-13(11(2)9-10)7-8-15-12(3)14-4;1-10(13-2)15-9-8-11-4-6-12(14-3)7-5-11;1-9(12-2)14-8-10-4-6-11(13-3)7-5-10/h2*10-13H,5-9H2,1-4H3;10-12H,4-9H2,1-3H3;9-11H,4-8H2,1-3H3. The normalized spacial score (nSPS) is 31.8. The number of rotatable bonds is 21. The van der Waals surface area contributed by atoms with Gasteiger partial charge >= 0.3 is 0 Å². The van der Waals surface area contributed by atoms with Crippen molar-refractivity contribution >= 4 is 0 Å². The minimum Gasteiger partial charge on any atom is -0.381 e. The van der Waals surface area contributed by atoms with Crippen molar-refractivity contribution < 1.29 is 47.4 Å². The molecule has 4 fully saturated rings. The van der Waals surface area contributed by atoms with Crippen molar-refractivity contribution in [3.05, 3.63) is 0 Å². The van der Waals surface area contributed by atoms with Crippen LogP contribution >= 0.6 is 0 Å². The maximum absolute atomic E-state index is 5.55. The lowest BCUT2D eigenvalue weighted by atomic mass is 9.74. The number of methoxy groups -OCH3 is 6. The Labute approximate surface area is 364 Å². The molecule has 0 bridgehead atoms. The highest BCUT2D eigenvalue weighted by molar-refractivity contribution is 4.77. The van der Waals surface area contributed by atoms with Crippen LogP contribution in [0.2, 0.25) is 0 Å². The zero-order chi connectivity index (χ0) is 44.0. The van der Waals surface area contributed by atoms with Crippen LogP contribution in [-0.2, 0) is 47.4 Å². The van der Waals surface area contributed by atoms with Crippen LogP contribution in [0.4, 0.5) is 0 Å². The van der Waals surface area contributed by atoms with Crippen molar-refractivity contribution in [2.24, 2.45) is 47.3 Å². The smallest absolute Gasteiger partial charge is 0.154 e. The molecule has 4 rings (SSSR count). The topological polar surface area (TPSA) is 92.3 Å². The van der Waals surface area contributed by atoms with Crippen molar-refractivity contribution in [2.75, 3.05) is 69.1 Å². The van der Waals surface area contributed by atoms with E-state index in [1.807, 2.05) is 34.8 Å². The number of ether oxygens (including phenoxy) is 10. The van der Waals surface area contributed by atoms with Crippen molar-refractivity contribution in [2.45, 2.75) is 202 Å². The van der Waals surface area contributed by atoms with Gasteiger partial charge < -0.3 is 47.4 Å². The molecule has 59 heavy (non-hydrogen) atoms. The third kappa shape index (κ3) is 27.4. The van der Waals surface area contributed by atoms with Crippen LogP contribution in [0.3, 0.4) is 0 Å². The monoisotopic (exact) mass is 847 g/mol. The Balaban J connectivity index is 0.000000393. The lowest BCUT2D eigenvalue weighted by Gasteiger charge is -2.32. The predicted octanol–water partition coefficient (Wildman–Crippen LogP) is 11.7. The second-order valence-electron chi connectivity index (χ2n) is 18.6. The molecule has 0 N–H and O–H groups in total. The van der Waals surface area contributed by atoms with Gasteiger partial charge in [0, 0.05) is 62.5 Å². The SMILES string of the molecule is COC(C)OCCC1CCC(C)CC1C.COC(C)OCCC1CCC(C)CC1C.COC1CCC(CCOC(C)OC)CC1.COC1CCC(COC(C)OC)CC1. The van der Waals surface area contributed by atoms with E-state index in [4.69, 9.17) is 47.4 Å². The molecule has 0 radical (unpaired) electrons. The van der Waals surface area contributed by atoms with Crippen LogP contribution in [0.5, 0.6) is 0 Å². The molecule has 0 heterocycles. The Morgan fingerprint density at radius 1 is 0.390 bits per heavy atom. The van der Waals surface area contributed by atoms with Crippen molar-refractivity contribution in [3.8, 4) is 0 Å². The van der Waals surface area contributed by atoms with Crippen LogP contribution in [-0.4, -0.2) is 106 Å². The van der Waals surface area contributed by atoms with Gasteiger partial charge in [0.15, 0.2) is 25.2 Å². The van der Waals surface area contributed by atoms with Gasteiger partial charge in [-0.1, -0.05) is 40.5 Å². The van der Waals surface area contributed by atoms with Crippen molar-refractivity contribution in [1.29, 1.82) is 0 Å². The van der Waals surface area contributed by atoms with Gasteiger partial charge in [0.1, 0.15) is 0 Å². The van der Waals surface area contributed by atoms with E-state index in [-0.39, 0.29) is 25.2 Å². The largest absolute Gasteiger partial charge is 0.381 e. The summed E-state index contributed by atoms with van der Waals surface area (Å²) in [6, 6.07) is 0. The average Bonchev–Trinajstić information content (AvgIpc) is 3.25. The van der Waals surface area contributed by atoms with E-state index in [2.05, 4.69) is 27.7 Å². The summed E-state index contributed by atoms with van der Waals surface area (Å²) in [5, 5.41) is 0. The first-order valence-electron chi connectivity index (χ1n) is 23.9. The van der Waals surface area contributed by atoms with Gasteiger partial charge in [0.05, 0.1) is 18.8 Å². The molecule has 0 aromatic heterocycles. The fourth-order valence-corrected chi connectivity index (χ4v) is 9.22. The highest BCUT2D eigenvalue weighted by atomic mass is 16.7. The van der Waals surface area contributed by atoms with E-state index in [1.165, 1.54) is 103 Å². The summed E-state index contributed by atoms with van der Waals surface area (Å²) in [6.07, 6.45) is 22.4. The first-order chi connectivity index (χ1) is 28.3. The summed E-state index contributed by atoms with van der Waals surface area (Å²) >= 11 is 0. The fourth-order valence-electron chi connectivity index (χ4n) is 9.22. The first-order valence-corrected chi connectivity index (χ1v) is 23.9. The Kier molecular flexibility index (Phi) is 33.6. The van der Waals surface area contributed by atoms with Crippen LogP contribution in [0, 0.1) is 47.3 Å². The van der Waals surface area contributed by atoms with E-state index in [0.717, 1.165) is 74.3 Å². The fraction of sp³-hybridized carbons (Fsp3) is 1.00. The van der Waals surface area contributed by atoms with E-state index in [0.29, 0.717) is 18.1 Å². The highest BCUT2D eigenvalue weighted by Crippen LogP contribution is 2.36. The highest BCUT2D eigenvalue weighted by Gasteiger charge is 2.26. The van der Waals surface area contributed by atoms with E-state index in [9.17, 15) is 0 Å². The van der Waals surface area contributed by atoms with Gasteiger partial charge in [-0.25, -0.2) is 0 Å². The average molecular weight is 847 g/mol. The molecule has 0 amide bonds. The molecule has 0 aromatic carbocycles. The zero-order valence-corrected chi connectivity index (χ0v) is 41.0. The van der Waals surface area contributed by atoms with Gasteiger partial charge in [-0.05, 0) is 171 Å². The van der Waals surface area contributed by atoms with Gasteiger partial charge in [-0.3, -0.25) is 0 Å². The van der Waals surface area contributed by atoms with Gasteiger partial charge in [0.2, 0.25) is 0 Å². The van der Waals surface area contributed by atoms with Crippen LogP contribution in [0.1, 0.15) is 165 Å². The quantitative estimate of drug-likeness (QED) is 0.104. The van der Waals surface area contributed by atoms with Gasteiger partial charge in [0.25, 0.3) is 0 Å². The Morgan fingerprint density at radius 3 is 1.07 bits per heavy atom. The summed E-state index contributed by atoms with van der Waals surface area (Å²) in [6.45, 7) is 20.6. The second kappa shape index (κ2) is 35.0. The lowest BCUT2D eigenvalue weighted by molar-refractivity contribution is -0.124. The summed E-state index contributed by atoms with van der Waals surface area (Å²) < 4.78 is 53.0. The van der Waals surface area contributed by atoms with E-state index < -0.39 is 0 Å². The Morgan fingerprint density at radius 2 is 0.729 bits per heavy atom. The van der Waals surface area contributed by atoms with Gasteiger partial charge in [-0.15, -0.1) is 0 Å². The summed E-state index contributed by atoms with van der Waals surface area (Å²) in [7, 11) is 10.3. The zero-order valence-electron chi connectivity index (χ0n) is 41.0. The molecular formula is C49H98O10. The lowest BCUT2D eigenvalue weighted by Crippen LogP contribution is -2.25. The van der Waals surface area contributed by atoms with Crippen LogP contribution in [0.15, 0.2) is 0 Å². The van der Waals surface area contributed by atoms with Crippen molar-refractivity contribution in [3.63, 3.8) is 0 Å². The Hall–Kier alpha value is -0.400. The molecule has 10 nitrogen and oxygen atoms in total. The van der Waals surface area contributed by atoms with E-state index in [1.54, 1.807) is 35.5 Å². The summed E-state index contributed by atoms with van der Waals surface area (Å²) in [4.78, 5) is 0. The Bertz CT molecular complexity index is 888. The molecule has 0 spiro atoms. The van der Waals surface area contributed by atoms with Crippen molar-refractivity contribution in [1.82, 2.24) is 0 Å².